The summed E-state index contributed by atoms with van der Waals surface area (Å²) in [5.74, 6) is 0.981. The molecule has 4 fully saturated rings. The second-order valence-electron chi connectivity index (χ2n) is 10.5. The maximum Gasteiger partial charge on any atom is 0.174 e. The first-order chi connectivity index (χ1) is 15.3. The molecule has 1 aromatic carbocycles. The molecule has 4 heteroatoms. The number of nitrogens with zero attached hydrogens (tertiary/aromatic N) is 2. The highest BCUT2D eigenvalue weighted by Crippen LogP contribution is 2.49. The third-order valence-corrected chi connectivity index (χ3v) is 8.37. The van der Waals surface area contributed by atoms with Crippen molar-refractivity contribution in [2.24, 2.45) is 11.8 Å². The third-order valence-electron chi connectivity index (χ3n) is 8.37. The molecule has 2 heterocycles. The van der Waals surface area contributed by atoms with Crippen LogP contribution in [0.2, 0.25) is 0 Å². The Morgan fingerprint density at radius 2 is 1.32 bits per heavy atom. The Labute approximate surface area is 189 Å². The van der Waals surface area contributed by atoms with E-state index in [0.29, 0.717) is 11.8 Å². The Balaban J connectivity index is 1.15. The van der Waals surface area contributed by atoms with Crippen molar-refractivity contribution in [3.8, 4) is 0 Å². The van der Waals surface area contributed by atoms with Gasteiger partial charge in [-0.3, -0.25) is 9.80 Å². The van der Waals surface area contributed by atoms with Gasteiger partial charge in [-0.15, -0.1) is 0 Å². The van der Waals surface area contributed by atoms with Crippen LogP contribution in [0.5, 0.6) is 0 Å². The molecular formula is C27H42N2O2. The van der Waals surface area contributed by atoms with Gasteiger partial charge in [0.2, 0.25) is 0 Å². The zero-order valence-electron chi connectivity index (χ0n) is 19.4. The van der Waals surface area contributed by atoms with Crippen LogP contribution in [0.25, 0.3) is 0 Å². The first kappa shape index (κ1) is 21.9. The Hall–Kier alpha value is -0.940. The summed E-state index contributed by atoms with van der Waals surface area (Å²) < 4.78 is 13.7. The highest BCUT2D eigenvalue weighted by molar-refractivity contribution is 5.14. The zero-order valence-corrected chi connectivity index (χ0v) is 19.4. The first-order valence-corrected chi connectivity index (χ1v) is 13.1. The topological polar surface area (TPSA) is 24.9 Å². The molecule has 31 heavy (non-hydrogen) atoms. The van der Waals surface area contributed by atoms with Gasteiger partial charge in [-0.25, -0.2) is 0 Å². The molecule has 1 atom stereocenters. The summed E-state index contributed by atoms with van der Waals surface area (Å²) in [5.41, 5.74) is 1.42. The number of benzene rings is 1. The molecule has 4 aliphatic rings. The van der Waals surface area contributed by atoms with Gasteiger partial charge in [0.15, 0.2) is 5.79 Å². The van der Waals surface area contributed by atoms with Crippen LogP contribution in [-0.4, -0.2) is 61.0 Å². The fourth-order valence-electron chi connectivity index (χ4n) is 6.67. The van der Waals surface area contributed by atoms with Crippen molar-refractivity contribution in [2.45, 2.75) is 82.6 Å². The average molecular weight is 427 g/mol. The molecular weight excluding hydrogens is 384 g/mol. The van der Waals surface area contributed by atoms with Crippen molar-refractivity contribution >= 4 is 0 Å². The summed E-state index contributed by atoms with van der Waals surface area (Å²) in [4.78, 5) is 5.21. The predicted octanol–water partition coefficient (Wildman–Crippen LogP) is 5.08. The standard InChI is InChI=1S/C27H42N2O2/c1-4-10-23(11-5-1)20-28-16-18-29(19-17-28)21-26-22-30-27(31-26,24-12-6-2-7-13-24)25-14-8-3-9-15-25/h1,4-5,10-11,24-26H,2-3,6-9,12-22H2. The number of hydrogen-bond donors (Lipinski definition) is 0. The second kappa shape index (κ2) is 10.3. The molecule has 1 unspecified atom stereocenters. The lowest BCUT2D eigenvalue weighted by Gasteiger charge is -2.45. The molecule has 2 aliphatic carbocycles. The molecule has 0 bridgehead atoms. The summed E-state index contributed by atoms with van der Waals surface area (Å²) in [5, 5.41) is 0. The summed E-state index contributed by atoms with van der Waals surface area (Å²) in [7, 11) is 0. The molecule has 0 spiro atoms. The molecule has 0 N–H and O–H groups in total. The van der Waals surface area contributed by atoms with E-state index in [0.717, 1.165) is 45.9 Å². The smallest absolute Gasteiger partial charge is 0.174 e. The van der Waals surface area contributed by atoms with Crippen LogP contribution >= 0.6 is 0 Å². The van der Waals surface area contributed by atoms with Gasteiger partial charge in [0.1, 0.15) is 0 Å². The van der Waals surface area contributed by atoms with E-state index >= 15 is 0 Å². The number of rotatable bonds is 6. The van der Waals surface area contributed by atoms with Crippen LogP contribution in [0.15, 0.2) is 30.3 Å². The molecule has 0 aromatic heterocycles. The van der Waals surface area contributed by atoms with E-state index in [9.17, 15) is 0 Å². The van der Waals surface area contributed by atoms with Crippen molar-refractivity contribution in [1.29, 1.82) is 0 Å². The molecule has 0 amide bonds. The molecule has 2 saturated carbocycles. The summed E-state index contributed by atoms with van der Waals surface area (Å²) in [6, 6.07) is 10.9. The first-order valence-electron chi connectivity index (χ1n) is 13.1. The van der Waals surface area contributed by atoms with Crippen molar-refractivity contribution in [1.82, 2.24) is 9.80 Å². The van der Waals surface area contributed by atoms with Gasteiger partial charge in [0, 0.05) is 51.1 Å². The van der Waals surface area contributed by atoms with E-state index in [-0.39, 0.29) is 11.9 Å². The van der Waals surface area contributed by atoms with Gasteiger partial charge in [-0.05, 0) is 31.2 Å². The van der Waals surface area contributed by atoms with E-state index < -0.39 is 0 Å². The molecule has 172 valence electrons. The van der Waals surface area contributed by atoms with E-state index in [1.165, 1.54) is 69.8 Å². The van der Waals surface area contributed by atoms with Crippen LogP contribution in [0.3, 0.4) is 0 Å². The molecule has 2 saturated heterocycles. The van der Waals surface area contributed by atoms with Gasteiger partial charge in [-0.2, -0.15) is 0 Å². The van der Waals surface area contributed by atoms with Gasteiger partial charge in [0.05, 0.1) is 12.7 Å². The Morgan fingerprint density at radius 3 is 1.94 bits per heavy atom. The van der Waals surface area contributed by atoms with Crippen molar-refractivity contribution in [3.63, 3.8) is 0 Å². The number of hydrogen-bond acceptors (Lipinski definition) is 4. The minimum absolute atomic E-state index is 0.254. The van der Waals surface area contributed by atoms with E-state index in [2.05, 4.69) is 40.1 Å². The van der Waals surface area contributed by atoms with Gasteiger partial charge < -0.3 is 9.47 Å². The molecule has 4 nitrogen and oxygen atoms in total. The van der Waals surface area contributed by atoms with Crippen molar-refractivity contribution in [2.75, 3.05) is 39.3 Å². The van der Waals surface area contributed by atoms with Crippen LogP contribution in [0, 0.1) is 11.8 Å². The monoisotopic (exact) mass is 426 g/mol. The number of ether oxygens (including phenoxy) is 2. The van der Waals surface area contributed by atoms with Crippen LogP contribution < -0.4 is 0 Å². The molecule has 1 aromatic rings. The fourth-order valence-corrected chi connectivity index (χ4v) is 6.67. The summed E-state index contributed by atoms with van der Waals surface area (Å²) >= 11 is 0. The van der Waals surface area contributed by atoms with Crippen LogP contribution in [-0.2, 0) is 16.0 Å². The quantitative estimate of drug-likeness (QED) is 0.634. The van der Waals surface area contributed by atoms with E-state index in [1.807, 2.05) is 0 Å². The van der Waals surface area contributed by atoms with Crippen molar-refractivity contribution < 1.29 is 9.47 Å². The fraction of sp³-hybridized carbons (Fsp3) is 0.778. The lowest BCUT2D eigenvalue weighted by Crippen LogP contribution is -2.50. The lowest BCUT2D eigenvalue weighted by atomic mass is 9.72. The SMILES string of the molecule is c1ccc(CN2CCN(CC3COC(C4CCCCC4)(C4CCCCC4)O3)CC2)cc1. The third kappa shape index (κ3) is 5.19. The second-order valence-corrected chi connectivity index (χ2v) is 10.5. The number of piperazine rings is 1. The van der Waals surface area contributed by atoms with E-state index in [4.69, 9.17) is 9.47 Å². The maximum absolute atomic E-state index is 6.98. The van der Waals surface area contributed by atoms with E-state index in [1.54, 1.807) is 0 Å². The minimum atomic E-state index is -0.263. The van der Waals surface area contributed by atoms with Crippen LogP contribution in [0.1, 0.15) is 69.8 Å². The summed E-state index contributed by atoms with van der Waals surface area (Å²) in [6.45, 7) is 7.51. The van der Waals surface area contributed by atoms with Crippen molar-refractivity contribution in [3.05, 3.63) is 35.9 Å². The Kier molecular flexibility index (Phi) is 7.29. The Bertz CT molecular complexity index is 643. The van der Waals surface area contributed by atoms with Gasteiger partial charge >= 0.3 is 0 Å². The minimum Gasteiger partial charge on any atom is -0.347 e. The highest BCUT2D eigenvalue weighted by atomic mass is 16.7. The summed E-state index contributed by atoms with van der Waals surface area (Å²) in [6.07, 6.45) is 13.7. The lowest BCUT2D eigenvalue weighted by molar-refractivity contribution is -0.251. The van der Waals surface area contributed by atoms with Gasteiger partial charge in [0.25, 0.3) is 0 Å². The van der Waals surface area contributed by atoms with Gasteiger partial charge in [-0.1, -0.05) is 68.9 Å². The zero-order chi connectivity index (χ0) is 20.9. The Morgan fingerprint density at radius 1 is 0.742 bits per heavy atom. The molecule has 2 aliphatic heterocycles. The largest absolute Gasteiger partial charge is 0.347 e. The normalized spacial score (nSPS) is 29.4. The average Bonchev–Trinajstić information content (AvgIpc) is 3.27. The highest BCUT2D eigenvalue weighted by Gasteiger charge is 2.53. The molecule has 0 radical (unpaired) electrons. The molecule has 5 rings (SSSR count). The maximum atomic E-state index is 6.98. The predicted molar refractivity (Wildman–Crippen MR) is 125 cm³/mol. The van der Waals surface area contributed by atoms with Crippen LogP contribution in [0.4, 0.5) is 0 Å².